The number of nitrogens with two attached hydrogens (primary N) is 1. The molecular weight excluding hydrogens is 266 g/mol. The van der Waals surface area contributed by atoms with Crippen molar-refractivity contribution in [2.75, 3.05) is 13.1 Å². The lowest BCUT2D eigenvalue weighted by molar-refractivity contribution is 0.1000. The fourth-order valence-electron chi connectivity index (χ4n) is 1.56. The van der Waals surface area contributed by atoms with Crippen molar-refractivity contribution in [2.24, 2.45) is 5.73 Å². The minimum absolute atomic E-state index is 0.0269. The molecule has 0 bridgehead atoms. The van der Waals surface area contributed by atoms with Gasteiger partial charge in [0.1, 0.15) is 0 Å². The van der Waals surface area contributed by atoms with Crippen molar-refractivity contribution in [1.82, 2.24) is 10.0 Å². The van der Waals surface area contributed by atoms with Crippen molar-refractivity contribution in [3.8, 4) is 0 Å². The Labute approximate surface area is 113 Å². The van der Waals surface area contributed by atoms with Gasteiger partial charge in [-0.25, -0.2) is 13.1 Å². The molecule has 1 rings (SSSR count). The third kappa shape index (κ3) is 4.62. The number of rotatable bonds is 7. The van der Waals surface area contributed by atoms with Crippen molar-refractivity contribution in [3.63, 3.8) is 0 Å². The van der Waals surface area contributed by atoms with Gasteiger partial charge in [0.15, 0.2) is 0 Å². The fourth-order valence-corrected chi connectivity index (χ4v) is 2.73. The smallest absolute Gasteiger partial charge is 0.248 e. The Morgan fingerprint density at radius 1 is 1.42 bits per heavy atom. The van der Waals surface area contributed by atoms with E-state index in [1.807, 2.05) is 13.8 Å². The van der Waals surface area contributed by atoms with E-state index >= 15 is 0 Å². The number of hydrogen-bond donors (Lipinski definition) is 3. The molecule has 106 valence electrons. The van der Waals surface area contributed by atoms with Crippen LogP contribution in [-0.2, 0) is 10.0 Å². The molecule has 0 aliphatic heterocycles. The van der Waals surface area contributed by atoms with Crippen molar-refractivity contribution < 1.29 is 13.2 Å². The average molecular weight is 285 g/mol. The summed E-state index contributed by atoms with van der Waals surface area (Å²) in [6.07, 6.45) is 0. The predicted octanol–water partition coefficient (Wildman–Crippen LogP) is 0.0618. The summed E-state index contributed by atoms with van der Waals surface area (Å²) < 4.78 is 26.5. The Kier molecular flexibility index (Phi) is 5.46. The van der Waals surface area contributed by atoms with Gasteiger partial charge in [-0.05, 0) is 31.7 Å². The normalized spacial score (nSPS) is 13.2. The Hall–Kier alpha value is -1.44. The number of amides is 1. The zero-order valence-electron chi connectivity index (χ0n) is 11.0. The summed E-state index contributed by atoms with van der Waals surface area (Å²) in [6, 6.07) is 5.68. The molecule has 1 atom stereocenters. The summed E-state index contributed by atoms with van der Waals surface area (Å²) in [5.41, 5.74) is 5.29. The minimum atomic E-state index is -3.63. The highest BCUT2D eigenvalue weighted by Gasteiger charge is 2.16. The van der Waals surface area contributed by atoms with E-state index in [0.717, 1.165) is 6.54 Å². The number of primary amides is 1. The molecule has 0 spiro atoms. The fraction of sp³-hybridized carbons (Fsp3) is 0.417. The van der Waals surface area contributed by atoms with Crippen molar-refractivity contribution in [3.05, 3.63) is 29.8 Å². The summed E-state index contributed by atoms with van der Waals surface area (Å²) in [5.74, 6) is -0.655. The standard InChI is InChI=1S/C12H19N3O3S/c1-3-14-9(2)8-15-19(17,18)11-6-4-5-10(7-11)12(13)16/h4-7,9,14-15H,3,8H2,1-2H3,(H2,13,16)/t9-/m1/s1. The summed E-state index contributed by atoms with van der Waals surface area (Å²) in [6.45, 7) is 4.87. The Morgan fingerprint density at radius 2 is 2.11 bits per heavy atom. The second kappa shape index (κ2) is 6.65. The van der Waals surface area contributed by atoms with Crippen LogP contribution in [0.1, 0.15) is 24.2 Å². The van der Waals surface area contributed by atoms with Crippen LogP contribution in [0.25, 0.3) is 0 Å². The van der Waals surface area contributed by atoms with Gasteiger partial charge in [0.25, 0.3) is 0 Å². The molecule has 1 aromatic rings. The lowest BCUT2D eigenvalue weighted by atomic mass is 10.2. The van der Waals surface area contributed by atoms with Gasteiger partial charge in [-0.15, -0.1) is 0 Å². The number of likely N-dealkylation sites (N-methyl/N-ethyl adjacent to an activating group) is 1. The van der Waals surface area contributed by atoms with E-state index in [-0.39, 0.29) is 23.0 Å². The first-order valence-electron chi connectivity index (χ1n) is 5.99. The van der Waals surface area contributed by atoms with Gasteiger partial charge in [-0.3, -0.25) is 4.79 Å². The average Bonchev–Trinajstić information content (AvgIpc) is 2.37. The molecule has 0 radical (unpaired) electrons. The Morgan fingerprint density at radius 3 is 2.68 bits per heavy atom. The summed E-state index contributed by atoms with van der Waals surface area (Å²) in [4.78, 5) is 11.1. The lowest BCUT2D eigenvalue weighted by Crippen LogP contribution is -2.38. The Bertz CT molecular complexity index is 543. The number of hydrogen-bond acceptors (Lipinski definition) is 4. The number of sulfonamides is 1. The maximum Gasteiger partial charge on any atom is 0.248 e. The SMILES string of the molecule is CCN[C@H](C)CNS(=O)(=O)c1cccc(C(N)=O)c1. The van der Waals surface area contributed by atoms with Crippen LogP contribution in [0.3, 0.4) is 0 Å². The topological polar surface area (TPSA) is 101 Å². The van der Waals surface area contributed by atoms with E-state index in [1.54, 1.807) is 0 Å². The van der Waals surface area contributed by atoms with E-state index in [0.29, 0.717) is 0 Å². The van der Waals surface area contributed by atoms with Crippen LogP contribution in [0.15, 0.2) is 29.2 Å². The molecule has 0 fully saturated rings. The van der Waals surface area contributed by atoms with E-state index in [9.17, 15) is 13.2 Å². The summed E-state index contributed by atoms with van der Waals surface area (Å²) in [7, 11) is -3.63. The molecule has 6 nitrogen and oxygen atoms in total. The van der Waals surface area contributed by atoms with Crippen LogP contribution < -0.4 is 15.8 Å². The van der Waals surface area contributed by atoms with Crippen molar-refractivity contribution in [1.29, 1.82) is 0 Å². The van der Waals surface area contributed by atoms with Crippen LogP contribution in [0, 0.1) is 0 Å². The van der Waals surface area contributed by atoms with Crippen molar-refractivity contribution >= 4 is 15.9 Å². The van der Waals surface area contributed by atoms with Crippen LogP contribution >= 0.6 is 0 Å². The minimum Gasteiger partial charge on any atom is -0.366 e. The molecule has 1 amide bonds. The van der Waals surface area contributed by atoms with Crippen LogP contribution in [0.2, 0.25) is 0 Å². The van der Waals surface area contributed by atoms with E-state index < -0.39 is 15.9 Å². The largest absolute Gasteiger partial charge is 0.366 e. The molecule has 0 aliphatic carbocycles. The molecule has 4 N–H and O–H groups in total. The van der Waals surface area contributed by atoms with Crippen LogP contribution in [-0.4, -0.2) is 33.5 Å². The zero-order valence-corrected chi connectivity index (χ0v) is 11.8. The van der Waals surface area contributed by atoms with E-state index in [1.165, 1.54) is 24.3 Å². The molecule has 0 aliphatic rings. The van der Waals surface area contributed by atoms with Gasteiger partial charge in [0, 0.05) is 18.2 Å². The van der Waals surface area contributed by atoms with Crippen LogP contribution in [0.4, 0.5) is 0 Å². The number of nitrogens with one attached hydrogen (secondary N) is 2. The first kappa shape index (κ1) is 15.6. The quantitative estimate of drug-likeness (QED) is 0.659. The molecule has 0 unspecified atom stereocenters. The second-order valence-corrected chi connectivity index (χ2v) is 5.97. The summed E-state index contributed by atoms with van der Waals surface area (Å²) >= 11 is 0. The third-order valence-electron chi connectivity index (χ3n) is 2.56. The van der Waals surface area contributed by atoms with Gasteiger partial charge in [-0.1, -0.05) is 13.0 Å². The summed E-state index contributed by atoms with van der Waals surface area (Å²) in [5, 5.41) is 3.10. The monoisotopic (exact) mass is 285 g/mol. The lowest BCUT2D eigenvalue weighted by Gasteiger charge is -2.13. The second-order valence-electron chi connectivity index (χ2n) is 4.20. The first-order valence-corrected chi connectivity index (χ1v) is 7.48. The van der Waals surface area contributed by atoms with Gasteiger partial charge in [-0.2, -0.15) is 0 Å². The van der Waals surface area contributed by atoms with Crippen LogP contribution in [0.5, 0.6) is 0 Å². The van der Waals surface area contributed by atoms with Gasteiger partial charge in [0.05, 0.1) is 4.90 Å². The maximum absolute atomic E-state index is 12.0. The number of carbonyl (C=O) groups is 1. The van der Waals surface area contributed by atoms with Gasteiger partial charge >= 0.3 is 0 Å². The highest BCUT2D eigenvalue weighted by atomic mass is 32.2. The van der Waals surface area contributed by atoms with Gasteiger partial charge < -0.3 is 11.1 Å². The van der Waals surface area contributed by atoms with E-state index in [2.05, 4.69) is 10.0 Å². The maximum atomic E-state index is 12.0. The molecule has 0 heterocycles. The predicted molar refractivity (Wildman–Crippen MR) is 73.3 cm³/mol. The molecule has 0 saturated carbocycles. The zero-order chi connectivity index (χ0) is 14.5. The molecule has 19 heavy (non-hydrogen) atoms. The number of benzene rings is 1. The third-order valence-corrected chi connectivity index (χ3v) is 3.98. The molecule has 0 saturated heterocycles. The molecule has 1 aromatic carbocycles. The number of carbonyl (C=O) groups excluding carboxylic acids is 1. The molecule has 7 heteroatoms. The van der Waals surface area contributed by atoms with Gasteiger partial charge in [0.2, 0.25) is 15.9 Å². The molecular formula is C12H19N3O3S. The highest BCUT2D eigenvalue weighted by molar-refractivity contribution is 7.89. The van der Waals surface area contributed by atoms with E-state index in [4.69, 9.17) is 5.73 Å². The first-order chi connectivity index (χ1) is 8.86. The molecule has 0 aromatic heterocycles. The highest BCUT2D eigenvalue weighted by Crippen LogP contribution is 2.11. The Balaban J connectivity index is 2.83. The van der Waals surface area contributed by atoms with Crippen molar-refractivity contribution in [2.45, 2.75) is 24.8 Å².